The average molecular weight is 271 g/mol. The Bertz CT molecular complexity index is 687. The second-order valence-electron chi connectivity index (χ2n) is 4.18. The molecule has 0 atom stereocenters. The summed E-state index contributed by atoms with van der Waals surface area (Å²) in [6.45, 7) is 2.41. The molecular formula is C13H13N5S. The quantitative estimate of drug-likeness (QED) is 0.792. The molecule has 0 saturated heterocycles. The molecule has 0 aliphatic heterocycles. The van der Waals surface area contributed by atoms with E-state index < -0.39 is 0 Å². The predicted octanol–water partition coefficient (Wildman–Crippen LogP) is 2.16. The van der Waals surface area contributed by atoms with E-state index in [2.05, 4.69) is 34.4 Å². The molecule has 0 bridgehead atoms. The molecule has 0 aliphatic rings. The van der Waals surface area contributed by atoms with E-state index in [4.69, 9.17) is 5.73 Å². The largest absolute Gasteiger partial charge is 0.325 e. The Kier molecular flexibility index (Phi) is 3.10. The lowest BCUT2D eigenvalue weighted by Crippen LogP contribution is -2.02. The molecule has 5 nitrogen and oxygen atoms in total. The van der Waals surface area contributed by atoms with E-state index in [9.17, 15) is 0 Å². The second kappa shape index (κ2) is 4.91. The van der Waals surface area contributed by atoms with E-state index in [-0.39, 0.29) is 0 Å². The molecule has 0 radical (unpaired) electrons. The van der Waals surface area contributed by atoms with Gasteiger partial charge >= 0.3 is 0 Å². The van der Waals surface area contributed by atoms with Crippen LogP contribution in [0.2, 0.25) is 0 Å². The van der Waals surface area contributed by atoms with Crippen LogP contribution in [0.1, 0.15) is 11.3 Å². The first-order valence-corrected chi connectivity index (χ1v) is 6.79. The third-order valence-electron chi connectivity index (χ3n) is 2.83. The first-order valence-electron chi connectivity index (χ1n) is 5.91. The van der Waals surface area contributed by atoms with Crippen molar-refractivity contribution >= 4 is 11.3 Å². The summed E-state index contributed by atoms with van der Waals surface area (Å²) in [4.78, 5) is 4.28. The molecule has 0 fully saturated rings. The monoisotopic (exact) mass is 271 g/mol. The fourth-order valence-corrected chi connectivity index (χ4v) is 2.58. The lowest BCUT2D eigenvalue weighted by molar-refractivity contribution is 0.794. The Morgan fingerprint density at radius 2 is 2.26 bits per heavy atom. The third-order valence-corrected chi connectivity index (χ3v) is 3.57. The third kappa shape index (κ3) is 2.16. The van der Waals surface area contributed by atoms with Gasteiger partial charge in [-0.25, -0.2) is 4.98 Å². The van der Waals surface area contributed by atoms with Crippen molar-refractivity contribution in [2.45, 2.75) is 13.5 Å². The number of rotatable bonds is 3. The molecule has 2 aromatic heterocycles. The maximum atomic E-state index is 5.76. The maximum Gasteiger partial charge on any atom is 0.212 e. The van der Waals surface area contributed by atoms with E-state index >= 15 is 0 Å². The first kappa shape index (κ1) is 12.0. The van der Waals surface area contributed by atoms with Crippen LogP contribution in [0.4, 0.5) is 0 Å². The highest BCUT2D eigenvalue weighted by atomic mass is 32.1. The van der Waals surface area contributed by atoms with Gasteiger partial charge in [0.25, 0.3) is 0 Å². The molecular weight excluding hydrogens is 258 g/mol. The number of hydrogen-bond donors (Lipinski definition) is 1. The van der Waals surface area contributed by atoms with Gasteiger partial charge in [0, 0.05) is 23.7 Å². The highest BCUT2D eigenvalue weighted by molar-refractivity contribution is 7.12. The standard InChI is InChI=1S/C13H13N5S/c1-9-3-2-4-10(7-9)12-11(8-14)16-17-18(12)13-15-5-6-19-13/h2-7H,8,14H2,1H3. The minimum atomic E-state index is 0.356. The Labute approximate surface area is 114 Å². The molecule has 6 heteroatoms. The van der Waals surface area contributed by atoms with Crippen LogP contribution >= 0.6 is 11.3 Å². The number of aryl methyl sites for hydroxylation is 1. The van der Waals surface area contributed by atoms with Gasteiger partial charge in [0.1, 0.15) is 11.4 Å². The molecule has 19 heavy (non-hydrogen) atoms. The van der Waals surface area contributed by atoms with E-state index in [0.29, 0.717) is 6.54 Å². The van der Waals surface area contributed by atoms with Crippen LogP contribution in [-0.2, 0) is 6.54 Å². The summed E-state index contributed by atoms with van der Waals surface area (Å²) >= 11 is 1.52. The van der Waals surface area contributed by atoms with Gasteiger partial charge in [-0.1, -0.05) is 29.0 Å². The topological polar surface area (TPSA) is 69.6 Å². The summed E-state index contributed by atoms with van der Waals surface area (Å²) in [7, 11) is 0. The SMILES string of the molecule is Cc1cccc(-c2c(CN)nnn2-c2nccs2)c1. The van der Waals surface area contributed by atoms with Crippen LogP contribution in [-0.4, -0.2) is 20.0 Å². The van der Waals surface area contributed by atoms with E-state index in [0.717, 1.165) is 22.1 Å². The summed E-state index contributed by atoms with van der Waals surface area (Å²) in [6.07, 6.45) is 1.75. The van der Waals surface area contributed by atoms with Gasteiger partial charge in [0.2, 0.25) is 5.13 Å². The molecule has 0 saturated carbocycles. The fourth-order valence-electron chi connectivity index (χ4n) is 1.99. The summed E-state index contributed by atoms with van der Waals surface area (Å²) < 4.78 is 1.75. The molecule has 1 aromatic carbocycles. The predicted molar refractivity (Wildman–Crippen MR) is 75.1 cm³/mol. The number of hydrogen-bond acceptors (Lipinski definition) is 5. The van der Waals surface area contributed by atoms with Crippen LogP contribution in [0, 0.1) is 6.92 Å². The summed E-state index contributed by atoms with van der Waals surface area (Å²) in [5.74, 6) is 0. The van der Waals surface area contributed by atoms with Gasteiger partial charge in [-0.05, 0) is 13.0 Å². The Morgan fingerprint density at radius 3 is 2.95 bits per heavy atom. The molecule has 96 valence electrons. The van der Waals surface area contributed by atoms with Crippen molar-refractivity contribution in [1.29, 1.82) is 0 Å². The molecule has 3 aromatic rings. The van der Waals surface area contributed by atoms with Gasteiger partial charge in [-0.15, -0.1) is 16.4 Å². The van der Waals surface area contributed by atoms with Crippen molar-refractivity contribution in [3.8, 4) is 16.4 Å². The molecule has 0 aliphatic carbocycles. The highest BCUT2D eigenvalue weighted by Gasteiger charge is 2.16. The van der Waals surface area contributed by atoms with Crippen molar-refractivity contribution < 1.29 is 0 Å². The summed E-state index contributed by atoms with van der Waals surface area (Å²) in [5.41, 5.74) is 9.70. The summed E-state index contributed by atoms with van der Waals surface area (Å²) in [5, 5.41) is 11.0. The molecule has 0 unspecified atom stereocenters. The van der Waals surface area contributed by atoms with Gasteiger partial charge in [0.15, 0.2) is 0 Å². The number of nitrogens with two attached hydrogens (primary N) is 1. The zero-order valence-corrected chi connectivity index (χ0v) is 11.3. The fraction of sp³-hybridized carbons (Fsp3) is 0.154. The number of benzene rings is 1. The molecule has 2 heterocycles. The lowest BCUT2D eigenvalue weighted by Gasteiger charge is -2.06. The lowest BCUT2D eigenvalue weighted by atomic mass is 10.1. The van der Waals surface area contributed by atoms with Gasteiger partial charge < -0.3 is 5.73 Å². The van der Waals surface area contributed by atoms with Crippen LogP contribution in [0.3, 0.4) is 0 Å². The zero-order chi connectivity index (χ0) is 13.2. The first-order chi connectivity index (χ1) is 9.29. The average Bonchev–Trinajstić information content (AvgIpc) is 3.07. The highest BCUT2D eigenvalue weighted by Crippen LogP contribution is 2.26. The number of aromatic nitrogens is 4. The smallest absolute Gasteiger partial charge is 0.212 e. The Hall–Kier alpha value is -2.05. The van der Waals surface area contributed by atoms with E-state index in [1.54, 1.807) is 10.9 Å². The minimum absolute atomic E-state index is 0.356. The van der Waals surface area contributed by atoms with Crippen molar-refractivity contribution in [2.75, 3.05) is 0 Å². The van der Waals surface area contributed by atoms with Gasteiger partial charge in [-0.3, -0.25) is 0 Å². The van der Waals surface area contributed by atoms with Gasteiger partial charge in [-0.2, -0.15) is 4.68 Å². The van der Waals surface area contributed by atoms with E-state index in [1.807, 2.05) is 17.5 Å². The zero-order valence-electron chi connectivity index (χ0n) is 10.4. The number of thiazole rings is 1. The molecule has 0 amide bonds. The normalized spacial score (nSPS) is 10.8. The van der Waals surface area contributed by atoms with Crippen molar-refractivity contribution in [3.05, 3.63) is 47.1 Å². The van der Waals surface area contributed by atoms with E-state index in [1.165, 1.54) is 16.9 Å². The molecule has 2 N–H and O–H groups in total. The van der Waals surface area contributed by atoms with Crippen molar-refractivity contribution in [1.82, 2.24) is 20.0 Å². The Morgan fingerprint density at radius 1 is 1.37 bits per heavy atom. The van der Waals surface area contributed by atoms with Crippen LogP contribution in [0.5, 0.6) is 0 Å². The molecule has 0 spiro atoms. The summed E-state index contributed by atoms with van der Waals surface area (Å²) in [6, 6.07) is 8.21. The maximum absolute atomic E-state index is 5.76. The van der Waals surface area contributed by atoms with Crippen molar-refractivity contribution in [2.24, 2.45) is 5.73 Å². The number of nitrogens with zero attached hydrogens (tertiary/aromatic N) is 4. The minimum Gasteiger partial charge on any atom is -0.325 e. The van der Waals surface area contributed by atoms with Crippen LogP contribution in [0.15, 0.2) is 35.8 Å². The van der Waals surface area contributed by atoms with Crippen molar-refractivity contribution in [3.63, 3.8) is 0 Å². The van der Waals surface area contributed by atoms with Crippen LogP contribution < -0.4 is 5.73 Å². The Balaban J connectivity index is 2.21. The van der Waals surface area contributed by atoms with Crippen LogP contribution in [0.25, 0.3) is 16.4 Å². The second-order valence-corrected chi connectivity index (χ2v) is 5.06. The molecule has 3 rings (SSSR count). The van der Waals surface area contributed by atoms with Gasteiger partial charge in [0.05, 0.1) is 0 Å².